The fourth-order valence-corrected chi connectivity index (χ4v) is 3.07. The van der Waals surface area contributed by atoms with Crippen LogP contribution in [0.4, 0.5) is 5.69 Å². The van der Waals surface area contributed by atoms with E-state index in [1.807, 2.05) is 0 Å². The molecule has 0 unspecified atom stereocenters. The van der Waals surface area contributed by atoms with Crippen LogP contribution in [-0.2, 0) is 11.2 Å². The smallest absolute Gasteiger partial charge is 0.0726 e. The molecule has 1 fully saturated rings. The first kappa shape index (κ1) is 16.2. The summed E-state index contributed by atoms with van der Waals surface area (Å²) in [7, 11) is 0. The Morgan fingerprint density at radius 1 is 1.17 bits per heavy atom. The number of aryl methyl sites for hydroxylation is 1. The number of hydrogen-bond acceptors (Lipinski definition) is 4. The van der Waals surface area contributed by atoms with E-state index in [2.05, 4.69) is 47.5 Å². The van der Waals surface area contributed by atoms with Gasteiger partial charge in [-0.2, -0.15) is 0 Å². The van der Waals surface area contributed by atoms with Gasteiger partial charge in [0.2, 0.25) is 0 Å². The second-order valence-corrected chi connectivity index (χ2v) is 6.12. The molecule has 3 rings (SSSR count). The van der Waals surface area contributed by atoms with Gasteiger partial charge in [0, 0.05) is 36.4 Å². The van der Waals surface area contributed by atoms with Crippen molar-refractivity contribution in [1.82, 2.24) is 9.88 Å². The Morgan fingerprint density at radius 3 is 2.83 bits per heavy atom. The molecule has 0 aliphatic carbocycles. The largest absolute Gasteiger partial charge is 0.384 e. The van der Waals surface area contributed by atoms with E-state index in [0.717, 1.165) is 50.5 Å². The van der Waals surface area contributed by atoms with E-state index in [9.17, 15) is 0 Å². The van der Waals surface area contributed by atoms with Crippen LogP contribution in [-0.4, -0.2) is 49.3 Å². The van der Waals surface area contributed by atoms with Gasteiger partial charge in [-0.05, 0) is 37.9 Å². The van der Waals surface area contributed by atoms with Gasteiger partial charge in [0.1, 0.15) is 0 Å². The minimum absolute atomic E-state index is 0.890. The number of anilines is 1. The molecule has 1 aromatic carbocycles. The van der Waals surface area contributed by atoms with Crippen molar-refractivity contribution < 1.29 is 4.74 Å². The summed E-state index contributed by atoms with van der Waals surface area (Å²) in [5.41, 5.74) is 3.46. The maximum Gasteiger partial charge on any atom is 0.0726 e. The number of morpholine rings is 1. The molecule has 1 saturated heterocycles. The van der Waals surface area contributed by atoms with Gasteiger partial charge in [-0.1, -0.05) is 25.1 Å². The summed E-state index contributed by atoms with van der Waals surface area (Å²) in [5, 5.41) is 4.84. The predicted molar refractivity (Wildman–Crippen MR) is 96.1 cm³/mol. The summed E-state index contributed by atoms with van der Waals surface area (Å²) in [6.07, 6.45) is 3.39. The van der Waals surface area contributed by atoms with Crippen molar-refractivity contribution in [3.63, 3.8) is 0 Å². The van der Waals surface area contributed by atoms with Gasteiger partial charge in [0.15, 0.2) is 0 Å². The van der Waals surface area contributed by atoms with E-state index >= 15 is 0 Å². The number of para-hydroxylation sites is 1. The average Bonchev–Trinajstić information content (AvgIpc) is 2.62. The third kappa shape index (κ3) is 4.43. The highest BCUT2D eigenvalue weighted by molar-refractivity contribution is 5.91. The normalized spacial score (nSPS) is 15.9. The number of fused-ring (bicyclic) bond motifs is 1. The molecule has 0 bridgehead atoms. The predicted octanol–water partition coefficient (Wildman–Crippen LogP) is 3.32. The van der Waals surface area contributed by atoms with E-state index < -0.39 is 0 Å². The second-order valence-electron chi connectivity index (χ2n) is 6.12. The molecule has 1 aliphatic heterocycles. The second kappa shape index (κ2) is 8.27. The molecule has 4 heteroatoms. The highest BCUT2D eigenvalue weighted by Crippen LogP contribution is 2.23. The highest BCUT2D eigenvalue weighted by Gasteiger charge is 2.09. The minimum atomic E-state index is 0.890. The van der Waals surface area contributed by atoms with Crippen LogP contribution >= 0.6 is 0 Å². The Bertz CT molecular complexity index is 623. The van der Waals surface area contributed by atoms with Crippen molar-refractivity contribution in [2.75, 3.05) is 44.7 Å². The van der Waals surface area contributed by atoms with Crippen LogP contribution in [0.2, 0.25) is 0 Å². The molecule has 0 saturated carbocycles. The zero-order chi connectivity index (χ0) is 15.9. The van der Waals surface area contributed by atoms with Crippen LogP contribution in [0, 0.1) is 0 Å². The molecule has 2 heterocycles. The van der Waals surface area contributed by atoms with Crippen LogP contribution in [0.5, 0.6) is 0 Å². The summed E-state index contributed by atoms with van der Waals surface area (Å²) in [5.74, 6) is 0. The van der Waals surface area contributed by atoms with E-state index in [1.54, 1.807) is 0 Å². The Hall–Kier alpha value is -1.65. The van der Waals surface area contributed by atoms with Crippen molar-refractivity contribution in [2.24, 2.45) is 0 Å². The van der Waals surface area contributed by atoms with E-state index in [1.165, 1.54) is 30.5 Å². The topological polar surface area (TPSA) is 37.4 Å². The molecule has 1 aromatic heterocycles. The number of nitrogens with one attached hydrogen (secondary N) is 1. The molecule has 2 aromatic rings. The van der Waals surface area contributed by atoms with Crippen molar-refractivity contribution in [2.45, 2.75) is 26.2 Å². The molecular weight excluding hydrogens is 286 g/mol. The summed E-state index contributed by atoms with van der Waals surface area (Å²) in [4.78, 5) is 7.20. The van der Waals surface area contributed by atoms with Gasteiger partial charge in [-0.15, -0.1) is 0 Å². The zero-order valence-electron chi connectivity index (χ0n) is 14.1. The third-order valence-electron chi connectivity index (χ3n) is 4.45. The lowest BCUT2D eigenvalue weighted by Crippen LogP contribution is -2.36. The fourth-order valence-electron chi connectivity index (χ4n) is 3.07. The van der Waals surface area contributed by atoms with Crippen molar-refractivity contribution >= 4 is 16.6 Å². The van der Waals surface area contributed by atoms with Crippen molar-refractivity contribution in [3.8, 4) is 0 Å². The molecule has 4 nitrogen and oxygen atoms in total. The van der Waals surface area contributed by atoms with Gasteiger partial charge < -0.3 is 10.1 Å². The summed E-state index contributed by atoms with van der Waals surface area (Å²) < 4.78 is 5.39. The lowest BCUT2D eigenvalue weighted by atomic mass is 10.1. The molecule has 124 valence electrons. The maximum atomic E-state index is 5.39. The molecule has 0 radical (unpaired) electrons. The maximum absolute atomic E-state index is 5.39. The Morgan fingerprint density at radius 2 is 2.00 bits per heavy atom. The third-order valence-corrected chi connectivity index (χ3v) is 4.45. The molecule has 0 atom stereocenters. The Kier molecular flexibility index (Phi) is 5.83. The van der Waals surface area contributed by atoms with Crippen molar-refractivity contribution in [3.05, 3.63) is 36.0 Å². The summed E-state index contributed by atoms with van der Waals surface area (Å²) in [6, 6.07) is 10.6. The molecule has 1 N–H and O–H groups in total. The van der Waals surface area contributed by atoms with E-state index in [-0.39, 0.29) is 0 Å². The quantitative estimate of drug-likeness (QED) is 0.796. The van der Waals surface area contributed by atoms with E-state index in [0.29, 0.717) is 0 Å². The first-order chi connectivity index (χ1) is 11.4. The van der Waals surface area contributed by atoms with Crippen molar-refractivity contribution in [1.29, 1.82) is 0 Å². The Labute approximate surface area is 138 Å². The summed E-state index contributed by atoms with van der Waals surface area (Å²) in [6.45, 7) is 8.31. The molecule has 23 heavy (non-hydrogen) atoms. The SMILES string of the molecule is CCc1cc(NCCCCN2CCOCC2)c2ccccc2n1. The first-order valence-corrected chi connectivity index (χ1v) is 8.79. The van der Waals surface area contributed by atoms with Gasteiger partial charge in [0.05, 0.1) is 18.7 Å². The minimum Gasteiger partial charge on any atom is -0.384 e. The molecule has 0 amide bonds. The fraction of sp³-hybridized carbons (Fsp3) is 0.526. The number of aromatic nitrogens is 1. The molecular formula is C19H27N3O. The van der Waals surface area contributed by atoms with Crippen LogP contribution < -0.4 is 5.32 Å². The number of benzene rings is 1. The standard InChI is InChI=1S/C19H27N3O/c1-2-16-15-19(17-7-3-4-8-18(17)21-16)20-9-5-6-10-22-11-13-23-14-12-22/h3-4,7-8,15H,2,5-6,9-14H2,1H3,(H,20,21). The first-order valence-electron chi connectivity index (χ1n) is 8.79. The van der Waals surface area contributed by atoms with Gasteiger partial charge in [-0.3, -0.25) is 9.88 Å². The van der Waals surface area contributed by atoms with Gasteiger partial charge in [0.25, 0.3) is 0 Å². The van der Waals surface area contributed by atoms with Crippen LogP contribution in [0.1, 0.15) is 25.5 Å². The summed E-state index contributed by atoms with van der Waals surface area (Å²) >= 11 is 0. The van der Waals surface area contributed by atoms with Gasteiger partial charge >= 0.3 is 0 Å². The van der Waals surface area contributed by atoms with Crippen LogP contribution in [0.25, 0.3) is 10.9 Å². The van der Waals surface area contributed by atoms with E-state index in [4.69, 9.17) is 9.72 Å². The van der Waals surface area contributed by atoms with Gasteiger partial charge in [-0.25, -0.2) is 0 Å². The molecule has 0 spiro atoms. The number of rotatable bonds is 7. The lowest BCUT2D eigenvalue weighted by molar-refractivity contribution is 0.0373. The highest BCUT2D eigenvalue weighted by atomic mass is 16.5. The zero-order valence-corrected chi connectivity index (χ0v) is 14.1. The lowest BCUT2D eigenvalue weighted by Gasteiger charge is -2.26. The Balaban J connectivity index is 1.52. The monoisotopic (exact) mass is 313 g/mol. The van der Waals surface area contributed by atoms with Crippen LogP contribution in [0.3, 0.4) is 0 Å². The molecule has 1 aliphatic rings. The number of hydrogen-bond donors (Lipinski definition) is 1. The number of ether oxygens (including phenoxy) is 1. The number of unbranched alkanes of at least 4 members (excludes halogenated alkanes) is 1. The van der Waals surface area contributed by atoms with Crippen LogP contribution in [0.15, 0.2) is 30.3 Å². The average molecular weight is 313 g/mol. The number of nitrogens with zero attached hydrogens (tertiary/aromatic N) is 2. The number of pyridine rings is 1.